The molecule has 0 saturated carbocycles. The Hall–Kier alpha value is -2.08. The fraction of sp³-hybridized carbons (Fsp3) is 0.357. The molecule has 2 aromatic heterocycles. The predicted octanol–water partition coefficient (Wildman–Crippen LogP) is 2.80. The zero-order valence-electron chi connectivity index (χ0n) is 11.6. The average molecular weight is 307 g/mol. The van der Waals surface area contributed by atoms with Gasteiger partial charge in [-0.1, -0.05) is 11.2 Å². The maximum Gasteiger partial charge on any atom is 0.228 e. The van der Waals surface area contributed by atoms with Crippen LogP contribution in [-0.2, 0) is 18.8 Å². The molecule has 0 unspecified atom stereocenters. The van der Waals surface area contributed by atoms with Crippen molar-refractivity contribution in [3.63, 3.8) is 0 Å². The van der Waals surface area contributed by atoms with E-state index in [2.05, 4.69) is 19.7 Å². The van der Waals surface area contributed by atoms with Crippen LogP contribution in [0.25, 0.3) is 11.0 Å². The number of rotatable bonds is 6. The molecule has 2 heterocycles. The van der Waals surface area contributed by atoms with Crippen molar-refractivity contribution in [2.45, 2.75) is 25.8 Å². The summed E-state index contributed by atoms with van der Waals surface area (Å²) >= 11 is 6.02. The van der Waals surface area contributed by atoms with Gasteiger partial charge in [0.25, 0.3) is 0 Å². The third-order valence-corrected chi connectivity index (χ3v) is 3.44. The first-order chi connectivity index (χ1) is 10.3. The summed E-state index contributed by atoms with van der Waals surface area (Å²) in [5.41, 5.74) is 1.83. The normalized spacial score (nSPS) is 11.1. The molecule has 0 aliphatic heterocycles. The summed E-state index contributed by atoms with van der Waals surface area (Å²) in [6.45, 7) is 3.23. The van der Waals surface area contributed by atoms with Crippen LogP contribution in [0.1, 0.15) is 18.6 Å². The van der Waals surface area contributed by atoms with Crippen LogP contribution < -0.4 is 4.74 Å². The van der Waals surface area contributed by atoms with E-state index in [1.807, 2.05) is 25.1 Å². The number of para-hydroxylation sites is 1. The molecule has 7 heteroatoms. The molecule has 0 saturated heterocycles. The maximum absolute atomic E-state index is 6.02. The van der Waals surface area contributed by atoms with Gasteiger partial charge >= 0.3 is 0 Å². The van der Waals surface area contributed by atoms with Crippen LogP contribution in [0, 0.1) is 0 Å². The Balaban J connectivity index is 1.97. The Morgan fingerprint density at radius 3 is 3.00 bits per heavy atom. The van der Waals surface area contributed by atoms with Gasteiger partial charge in [-0.25, -0.2) is 4.98 Å². The fourth-order valence-corrected chi connectivity index (χ4v) is 2.51. The molecule has 0 bridgehead atoms. The number of aryl methyl sites for hydroxylation is 2. The highest BCUT2D eigenvalue weighted by Gasteiger charge is 2.14. The number of aromatic nitrogens is 4. The molecule has 0 amide bonds. The Kier molecular flexibility index (Phi) is 4.06. The highest BCUT2D eigenvalue weighted by molar-refractivity contribution is 6.16. The van der Waals surface area contributed by atoms with Crippen LogP contribution in [0.4, 0.5) is 0 Å². The molecular formula is C14H15ClN4O2. The molecule has 110 valence electrons. The van der Waals surface area contributed by atoms with Crippen molar-refractivity contribution in [3.05, 3.63) is 36.2 Å². The summed E-state index contributed by atoms with van der Waals surface area (Å²) in [6, 6.07) is 5.88. The smallest absolute Gasteiger partial charge is 0.228 e. The number of benzene rings is 1. The number of fused-ring (bicyclic) bond motifs is 1. The van der Waals surface area contributed by atoms with Crippen LogP contribution in [0.3, 0.4) is 0 Å². The second kappa shape index (κ2) is 6.13. The molecule has 3 rings (SSSR count). The van der Waals surface area contributed by atoms with Crippen molar-refractivity contribution in [2.75, 3.05) is 6.61 Å². The first-order valence-electron chi connectivity index (χ1n) is 6.76. The van der Waals surface area contributed by atoms with E-state index >= 15 is 0 Å². The van der Waals surface area contributed by atoms with E-state index in [1.54, 1.807) is 0 Å². The number of hydrogen-bond acceptors (Lipinski definition) is 5. The highest BCUT2D eigenvalue weighted by Crippen LogP contribution is 2.27. The third-order valence-electron chi connectivity index (χ3n) is 3.20. The van der Waals surface area contributed by atoms with E-state index in [-0.39, 0.29) is 0 Å². The number of ether oxygens (including phenoxy) is 1. The van der Waals surface area contributed by atoms with Crippen LogP contribution in [0.15, 0.2) is 29.0 Å². The lowest BCUT2D eigenvalue weighted by Crippen LogP contribution is -2.05. The molecule has 0 spiro atoms. The molecule has 6 nitrogen and oxygen atoms in total. The van der Waals surface area contributed by atoms with Gasteiger partial charge in [0, 0.05) is 13.0 Å². The van der Waals surface area contributed by atoms with E-state index in [4.69, 9.17) is 20.9 Å². The zero-order valence-corrected chi connectivity index (χ0v) is 12.4. The first kappa shape index (κ1) is 13.9. The third kappa shape index (κ3) is 2.71. The molecular weight excluding hydrogens is 292 g/mol. The largest absolute Gasteiger partial charge is 0.492 e. The summed E-state index contributed by atoms with van der Waals surface area (Å²) in [4.78, 5) is 8.62. The number of imidazole rings is 1. The Labute approximate surface area is 126 Å². The monoisotopic (exact) mass is 306 g/mol. The van der Waals surface area contributed by atoms with Crippen molar-refractivity contribution in [2.24, 2.45) is 0 Å². The summed E-state index contributed by atoms with van der Waals surface area (Å²) in [5, 5.41) is 3.61. The minimum Gasteiger partial charge on any atom is -0.492 e. The van der Waals surface area contributed by atoms with Crippen LogP contribution >= 0.6 is 11.6 Å². The minimum absolute atomic E-state index is 0.337. The molecule has 0 N–H and O–H groups in total. The Morgan fingerprint density at radius 1 is 1.38 bits per heavy atom. The quantitative estimate of drug-likeness (QED) is 0.655. The zero-order chi connectivity index (χ0) is 14.7. The molecule has 3 aromatic rings. The lowest BCUT2D eigenvalue weighted by Gasteiger charge is -2.06. The van der Waals surface area contributed by atoms with Crippen molar-refractivity contribution in [1.29, 1.82) is 0 Å². The van der Waals surface area contributed by atoms with Gasteiger partial charge in [0.15, 0.2) is 6.33 Å². The molecule has 1 aromatic carbocycles. The Morgan fingerprint density at radius 2 is 2.29 bits per heavy atom. The van der Waals surface area contributed by atoms with Gasteiger partial charge in [0.2, 0.25) is 5.89 Å². The number of alkyl halides is 1. The van der Waals surface area contributed by atoms with Crippen molar-refractivity contribution >= 4 is 22.6 Å². The second-order valence-corrected chi connectivity index (χ2v) is 4.72. The van der Waals surface area contributed by atoms with E-state index in [0.717, 1.165) is 22.6 Å². The van der Waals surface area contributed by atoms with Gasteiger partial charge in [0.1, 0.15) is 17.1 Å². The van der Waals surface area contributed by atoms with E-state index in [0.29, 0.717) is 31.3 Å². The number of halogens is 1. The van der Waals surface area contributed by atoms with Gasteiger partial charge in [0.05, 0.1) is 18.0 Å². The summed E-state index contributed by atoms with van der Waals surface area (Å²) in [7, 11) is 0. The molecule has 0 atom stereocenters. The molecule has 0 fully saturated rings. The maximum atomic E-state index is 6.02. The van der Waals surface area contributed by atoms with Gasteiger partial charge < -0.3 is 13.8 Å². The average Bonchev–Trinajstić information content (AvgIpc) is 3.13. The summed E-state index contributed by atoms with van der Waals surface area (Å²) < 4.78 is 12.7. The van der Waals surface area contributed by atoms with Gasteiger partial charge in [-0.15, -0.1) is 11.6 Å². The lowest BCUT2D eigenvalue weighted by atomic mass is 10.3. The van der Waals surface area contributed by atoms with Crippen LogP contribution in [0.2, 0.25) is 0 Å². The second-order valence-electron chi connectivity index (χ2n) is 4.46. The molecule has 0 aliphatic rings. The van der Waals surface area contributed by atoms with Crippen molar-refractivity contribution in [1.82, 2.24) is 19.7 Å². The van der Waals surface area contributed by atoms with E-state index in [9.17, 15) is 0 Å². The molecule has 21 heavy (non-hydrogen) atoms. The van der Waals surface area contributed by atoms with Gasteiger partial charge in [-0.05, 0) is 19.1 Å². The van der Waals surface area contributed by atoms with Crippen LogP contribution in [0.5, 0.6) is 5.75 Å². The molecule has 0 radical (unpaired) electrons. The van der Waals surface area contributed by atoms with Crippen molar-refractivity contribution < 1.29 is 9.26 Å². The van der Waals surface area contributed by atoms with Crippen molar-refractivity contribution in [3.8, 4) is 5.75 Å². The predicted molar refractivity (Wildman–Crippen MR) is 78.5 cm³/mol. The summed E-state index contributed by atoms with van der Waals surface area (Å²) in [6.07, 6.45) is 2.03. The first-order valence-corrected chi connectivity index (χ1v) is 7.29. The molecule has 0 aliphatic carbocycles. The standard InChI is InChI=1S/C14H15ClN4O2/c1-2-20-11-5-3-4-10-14(11)18-12(8-15)19(10)7-6-13-16-9-17-21-13/h3-5,9H,2,6-8H2,1H3. The lowest BCUT2D eigenvalue weighted by molar-refractivity contribution is 0.343. The van der Waals surface area contributed by atoms with E-state index in [1.165, 1.54) is 6.33 Å². The minimum atomic E-state index is 0.337. The Bertz CT molecular complexity index is 724. The highest BCUT2D eigenvalue weighted by atomic mass is 35.5. The topological polar surface area (TPSA) is 66.0 Å². The van der Waals surface area contributed by atoms with Crippen LogP contribution in [-0.4, -0.2) is 26.3 Å². The summed E-state index contributed by atoms with van der Waals surface area (Å²) in [5.74, 6) is 2.51. The number of nitrogens with zero attached hydrogens (tertiary/aromatic N) is 4. The van der Waals surface area contributed by atoms with Gasteiger partial charge in [-0.3, -0.25) is 0 Å². The van der Waals surface area contributed by atoms with E-state index < -0.39 is 0 Å². The SMILES string of the molecule is CCOc1cccc2c1nc(CCl)n2CCc1ncno1. The fourth-order valence-electron chi connectivity index (χ4n) is 2.31. The van der Waals surface area contributed by atoms with Gasteiger partial charge in [-0.2, -0.15) is 4.98 Å². The number of hydrogen-bond donors (Lipinski definition) is 0.